The molecule has 5 nitrogen and oxygen atoms in total. The Kier molecular flexibility index (Phi) is 5.24. The maximum absolute atomic E-state index is 12.4. The van der Waals surface area contributed by atoms with Crippen molar-refractivity contribution < 1.29 is 13.2 Å². The van der Waals surface area contributed by atoms with Gasteiger partial charge in [0, 0.05) is 18.2 Å². The Labute approximate surface area is 127 Å². The number of rotatable bonds is 8. The van der Waals surface area contributed by atoms with Crippen LogP contribution in [0.1, 0.15) is 32.8 Å². The molecule has 1 aromatic rings. The molecule has 0 saturated heterocycles. The summed E-state index contributed by atoms with van der Waals surface area (Å²) in [5.74, 6) is 1.17. The molecule has 1 aromatic carbocycles. The van der Waals surface area contributed by atoms with E-state index in [0.717, 1.165) is 24.3 Å². The molecule has 0 amide bonds. The minimum Gasteiger partial charge on any atom is -0.494 e. The van der Waals surface area contributed by atoms with Crippen LogP contribution in [0, 0.1) is 5.92 Å². The highest BCUT2D eigenvalue weighted by atomic mass is 32.2. The van der Waals surface area contributed by atoms with Crippen LogP contribution < -0.4 is 14.8 Å². The summed E-state index contributed by atoms with van der Waals surface area (Å²) >= 11 is 0. The summed E-state index contributed by atoms with van der Waals surface area (Å²) in [5, 5.41) is 3.21. The lowest BCUT2D eigenvalue weighted by Gasteiger charge is -2.13. The first kappa shape index (κ1) is 16.3. The van der Waals surface area contributed by atoms with E-state index < -0.39 is 10.0 Å². The van der Waals surface area contributed by atoms with E-state index in [-0.39, 0.29) is 6.04 Å². The van der Waals surface area contributed by atoms with Crippen LogP contribution in [0.15, 0.2) is 23.1 Å². The van der Waals surface area contributed by atoms with E-state index in [0.29, 0.717) is 24.0 Å². The molecule has 0 spiro atoms. The van der Waals surface area contributed by atoms with Gasteiger partial charge in [-0.25, -0.2) is 13.1 Å². The first-order valence-electron chi connectivity index (χ1n) is 7.46. The van der Waals surface area contributed by atoms with Crippen LogP contribution in [0.25, 0.3) is 0 Å². The van der Waals surface area contributed by atoms with E-state index in [9.17, 15) is 8.42 Å². The summed E-state index contributed by atoms with van der Waals surface area (Å²) in [7, 11) is -3.44. The van der Waals surface area contributed by atoms with Gasteiger partial charge in [-0.1, -0.05) is 13.8 Å². The van der Waals surface area contributed by atoms with Gasteiger partial charge in [-0.15, -0.1) is 0 Å². The van der Waals surface area contributed by atoms with Crippen molar-refractivity contribution in [2.75, 3.05) is 13.2 Å². The molecule has 1 aliphatic carbocycles. The maximum atomic E-state index is 12.4. The second kappa shape index (κ2) is 6.77. The van der Waals surface area contributed by atoms with Crippen LogP contribution in [-0.2, 0) is 16.6 Å². The van der Waals surface area contributed by atoms with Crippen LogP contribution >= 0.6 is 0 Å². The highest BCUT2D eigenvalue weighted by molar-refractivity contribution is 7.89. The van der Waals surface area contributed by atoms with Crippen molar-refractivity contribution >= 4 is 10.0 Å². The first-order valence-corrected chi connectivity index (χ1v) is 8.95. The standard InChI is InChI=1S/C15H24N2O3S/c1-4-16-10-12-9-13(6-7-15(12)20-5-2)21(18,19)17-14-8-11(14)3/h6-7,9,11,14,16-17H,4-5,8,10H2,1-3H3. The third-order valence-corrected chi connectivity index (χ3v) is 5.11. The molecule has 2 N–H and O–H groups in total. The zero-order chi connectivity index (χ0) is 15.5. The summed E-state index contributed by atoms with van der Waals surface area (Å²) in [5.41, 5.74) is 0.866. The van der Waals surface area contributed by atoms with Crippen LogP contribution in [0.2, 0.25) is 0 Å². The van der Waals surface area contributed by atoms with Crippen molar-refractivity contribution in [1.82, 2.24) is 10.0 Å². The minimum atomic E-state index is -3.44. The van der Waals surface area contributed by atoms with Gasteiger partial charge in [0.1, 0.15) is 5.75 Å². The van der Waals surface area contributed by atoms with Gasteiger partial charge in [-0.2, -0.15) is 0 Å². The van der Waals surface area contributed by atoms with Crippen LogP contribution in [0.5, 0.6) is 5.75 Å². The third-order valence-electron chi connectivity index (χ3n) is 3.62. The summed E-state index contributed by atoms with van der Waals surface area (Å²) in [6.07, 6.45) is 0.917. The second-order valence-electron chi connectivity index (χ2n) is 5.42. The van der Waals surface area contributed by atoms with E-state index in [1.165, 1.54) is 0 Å². The summed E-state index contributed by atoms with van der Waals surface area (Å²) in [6, 6.07) is 5.12. The molecule has 0 radical (unpaired) electrons. The van der Waals surface area contributed by atoms with Gasteiger partial charge in [0.2, 0.25) is 10.0 Å². The normalized spacial score (nSPS) is 21.3. The minimum absolute atomic E-state index is 0.0822. The summed E-state index contributed by atoms with van der Waals surface area (Å²) < 4.78 is 33.0. The lowest BCUT2D eigenvalue weighted by Crippen LogP contribution is -2.27. The maximum Gasteiger partial charge on any atom is 0.240 e. The lowest BCUT2D eigenvalue weighted by molar-refractivity contribution is 0.335. The Balaban J connectivity index is 2.22. The van der Waals surface area contributed by atoms with Gasteiger partial charge in [0.15, 0.2) is 0 Å². The summed E-state index contributed by atoms with van der Waals surface area (Å²) in [6.45, 7) is 7.94. The number of ether oxygens (including phenoxy) is 1. The molecular weight excluding hydrogens is 288 g/mol. The number of benzene rings is 1. The molecule has 0 aromatic heterocycles. The highest BCUT2D eigenvalue weighted by Gasteiger charge is 2.36. The quantitative estimate of drug-likeness (QED) is 0.769. The van der Waals surface area contributed by atoms with Crippen molar-refractivity contribution in [3.8, 4) is 5.75 Å². The smallest absolute Gasteiger partial charge is 0.240 e. The molecule has 21 heavy (non-hydrogen) atoms. The molecule has 1 aliphatic rings. The molecule has 6 heteroatoms. The van der Waals surface area contributed by atoms with Gasteiger partial charge >= 0.3 is 0 Å². The number of hydrogen-bond acceptors (Lipinski definition) is 4. The Hall–Kier alpha value is -1.11. The SMILES string of the molecule is CCNCc1cc(S(=O)(=O)NC2CC2C)ccc1OCC. The monoisotopic (exact) mass is 312 g/mol. The molecule has 2 atom stereocenters. The van der Waals surface area contributed by atoms with Gasteiger partial charge in [-0.05, 0) is 44.0 Å². The van der Waals surface area contributed by atoms with Gasteiger partial charge in [0.05, 0.1) is 11.5 Å². The van der Waals surface area contributed by atoms with Gasteiger partial charge < -0.3 is 10.1 Å². The molecule has 2 unspecified atom stereocenters. The Morgan fingerprint density at radius 1 is 1.33 bits per heavy atom. The Morgan fingerprint density at radius 2 is 2.05 bits per heavy atom. The molecule has 0 bridgehead atoms. The fourth-order valence-corrected chi connectivity index (χ4v) is 3.58. The predicted molar refractivity (Wildman–Crippen MR) is 82.9 cm³/mol. The summed E-state index contributed by atoms with van der Waals surface area (Å²) in [4.78, 5) is 0.304. The van der Waals surface area contributed by atoms with Crippen LogP contribution in [-0.4, -0.2) is 27.6 Å². The van der Waals surface area contributed by atoms with Crippen LogP contribution in [0.4, 0.5) is 0 Å². The van der Waals surface area contributed by atoms with Crippen molar-refractivity contribution in [3.63, 3.8) is 0 Å². The first-order chi connectivity index (χ1) is 9.97. The fourth-order valence-electron chi connectivity index (χ4n) is 2.17. The van der Waals surface area contributed by atoms with Crippen molar-refractivity contribution in [2.24, 2.45) is 5.92 Å². The van der Waals surface area contributed by atoms with Crippen molar-refractivity contribution in [3.05, 3.63) is 23.8 Å². The van der Waals surface area contributed by atoms with E-state index in [1.807, 2.05) is 20.8 Å². The van der Waals surface area contributed by atoms with E-state index in [2.05, 4.69) is 10.0 Å². The van der Waals surface area contributed by atoms with Crippen molar-refractivity contribution in [1.29, 1.82) is 0 Å². The van der Waals surface area contributed by atoms with E-state index in [1.54, 1.807) is 18.2 Å². The molecule has 2 rings (SSSR count). The lowest BCUT2D eigenvalue weighted by atomic mass is 10.2. The Morgan fingerprint density at radius 3 is 2.62 bits per heavy atom. The zero-order valence-electron chi connectivity index (χ0n) is 12.8. The van der Waals surface area contributed by atoms with Gasteiger partial charge in [0.25, 0.3) is 0 Å². The average Bonchev–Trinajstić information content (AvgIpc) is 3.12. The molecule has 0 aliphatic heterocycles. The van der Waals surface area contributed by atoms with Gasteiger partial charge in [-0.3, -0.25) is 0 Å². The third kappa shape index (κ3) is 4.18. The van der Waals surface area contributed by atoms with E-state index >= 15 is 0 Å². The largest absolute Gasteiger partial charge is 0.494 e. The number of nitrogens with one attached hydrogen (secondary N) is 2. The number of hydrogen-bond donors (Lipinski definition) is 2. The highest BCUT2D eigenvalue weighted by Crippen LogP contribution is 2.31. The Bertz CT molecular complexity index is 587. The molecule has 1 saturated carbocycles. The predicted octanol–water partition coefficient (Wildman–Crippen LogP) is 1.88. The second-order valence-corrected chi connectivity index (χ2v) is 7.14. The zero-order valence-corrected chi connectivity index (χ0v) is 13.7. The van der Waals surface area contributed by atoms with Crippen molar-refractivity contribution in [2.45, 2.75) is 44.7 Å². The fraction of sp³-hybridized carbons (Fsp3) is 0.600. The topological polar surface area (TPSA) is 67.4 Å². The number of sulfonamides is 1. The molecule has 118 valence electrons. The molecule has 1 fully saturated rings. The van der Waals surface area contributed by atoms with Crippen LogP contribution in [0.3, 0.4) is 0 Å². The molecule has 0 heterocycles. The van der Waals surface area contributed by atoms with E-state index in [4.69, 9.17) is 4.74 Å². The molecular formula is C15H24N2O3S. The average molecular weight is 312 g/mol.